The van der Waals surface area contributed by atoms with Gasteiger partial charge < -0.3 is 11.1 Å². The molecule has 1 amide bonds. The van der Waals surface area contributed by atoms with E-state index >= 15 is 0 Å². The maximum absolute atomic E-state index is 11.9. The standard InChI is InChI=1S/C13H16BrN5O/c1-9(10-2-4-11(14)5-3-10)16-13(20)8-19-7-12(6-15)17-18-19/h2-5,7,9H,6,8,15H2,1H3,(H,16,20)/t9-/m1/s1. The summed E-state index contributed by atoms with van der Waals surface area (Å²) in [6.45, 7) is 2.39. The SMILES string of the molecule is C[C@@H](NC(=O)Cn1cc(CN)nn1)c1ccc(Br)cc1. The molecule has 0 spiro atoms. The Morgan fingerprint density at radius 1 is 1.45 bits per heavy atom. The Labute approximate surface area is 125 Å². The molecule has 2 aromatic rings. The largest absolute Gasteiger partial charge is 0.348 e. The first-order valence-corrected chi connectivity index (χ1v) is 7.01. The van der Waals surface area contributed by atoms with Crippen molar-refractivity contribution in [3.63, 3.8) is 0 Å². The molecule has 0 aliphatic carbocycles. The van der Waals surface area contributed by atoms with Crippen LogP contribution in [0.3, 0.4) is 0 Å². The molecule has 0 radical (unpaired) electrons. The van der Waals surface area contributed by atoms with Crippen molar-refractivity contribution < 1.29 is 4.79 Å². The van der Waals surface area contributed by atoms with Crippen LogP contribution in [0.2, 0.25) is 0 Å². The van der Waals surface area contributed by atoms with Crippen LogP contribution in [0, 0.1) is 0 Å². The molecule has 1 aromatic heterocycles. The lowest BCUT2D eigenvalue weighted by Crippen LogP contribution is -2.30. The van der Waals surface area contributed by atoms with Crippen molar-refractivity contribution in [1.29, 1.82) is 0 Å². The van der Waals surface area contributed by atoms with Gasteiger partial charge in [-0.25, -0.2) is 4.68 Å². The Kier molecular flexibility index (Phi) is 4.86. The van der Waals surface area contributed by atoms with Gasteiger partial charge in [-0.1, -0.05) is 33.3 Å². The molecule has 6 nitrogen and oxygen atoms in total. The molecule has 1 atom stereocenters. The fourth-order valence-electron chi connectivity index (χ4n) is 1.78. The third kappa shape index (κ3) is 3.88. The molecule has 0 bridgehead atoms. The van der Waals surface area contributed by atoms with Gasteiger partial charge >= 0.3 is 0 Å². The second-order valence-electron chi connectivity index (χ2n) is 4.45. The molecule has 7 heteroatoms. The van der Waals surface area contributed by atoms with Gasteiger partial charge in [-0.2, -0.15) is 0 Å². The van der Waals surface area contributed by atoms with E-state index in [4.69, 9.17) is 5.73 Å². The van der Waals surface area contributed by atoms with Crippen molar-refractivity contribution >= 4 is 21.8 Å². The summed E-state index contributed by atoms with van der Waals surface area (Å²) in [6.07, 6.45) is 1.67. The summed E-state index contributed by atoms with van der Waals surface area (Å²) in [5.74, 6) is -0.117. The minimum atomic E-state index is -0.117. The average Bonchev–Trinajstić information content (AvgIpc) is 2.86. The molecule has 20 heavy (non-hydrogen) atoms. The van der Waals surface area contributed by atoms with Crippen molar-refractivity contribution in [2.24, 2.45) is 5.73 Å². The van der Waals surface area contributed by atoms with Gasteiger partial charge in [0.05, 0.1) is 17.9 Å². The summed E-state index contributed by atoms with van der Waals surface area (Å²) < 4.78 is 2.49. The minimum absolute atomic E-state index is 0.0619. The second kappa shape index (κ2) is 6.62. The predicted octanol–water partition coefficient (Wildman–Crippen LogP) is 1.38. The number of nitrogens with two attached hydrogens (primary N) is 1. The highest BCUT2D eigenvalue weighted by Gasteiger charge is 2.10. The van der Waals surface area contributed by atoms with E-state index in [1.807, 2.05) is 31.2 Å². The number of benzene rings is 1. The van der Waals surface area contributed by atoms with Crippen LogP contribution in [0.5, 0.6) is 0 Å². The lowest BCUT2D eigenvalue weighted by molar-refractivity contribution is -0.122. The Morgan fingerprint density at radius 3 is 2.75 bits per heavy atom. The summed E-state index contributed by atoms with van der Waals surface area (Å²) in [5, 5.41) is 10.6. The number of carbonyl (C=O) groups is 1. The normalized spacial score (nSPS) is 12.2. The number of hydrogen-bond donors (Lipinski definition) is 2. The molecular formula is C13H16BrN5O. The summed E-state index contributed by atoms with van der Waals surface area (Å²) in [4.78, 5) is 11.9. The first-order chi connectivity index (χ1) is 9.58. The van der Waals surface area contributed by atoms with Gasteiger partial charge in [0, 0.05) is 11.0 Å². The number of rotatable bonds is 5. The maximum Gasteiger partial charge on any atom is 0.242 e. The lowest BCUT2D eigenvalue weighted by Gasteiger charge is -2.14. The number of carbonyl (C=O) groups excluding carboxylic acids is 1. The molecule has 106 valence electrons. The van der Waals surface area contributed by atoms with Crippen molar-refractivity contribution in [1.82, 2.24) is 20.3 Å². The van der Waals surface area contributed by atoms with Crippen molar-refractivity contribution in [2.45, 2.75) is 26.1 Å². The first-order valence-electron chi connectivity index (χ1n) is 6.22. The molecule has 0 aliphatic heterocycles. The highest BCUT2D eigenvalue weighted by molar-refractivity contribution is 9.10. The number of nitrogens with one attached hydrogen (secondary N) is 1. The monoisotopic (exact) mass is 337 g/mol. The van der Waals surface area contributed by atoms with E-state index in [-0.39, 0.29) is 18.5 Å². The lowest BCUT2D eigenvalue weighted by atomic mass is 10.1. The third-order valence-corrected chi connectivity index (χ3v) is 3.38. The zero-order chi connectivity index (χ0) is 14.5. The Bertz CT molecular complexity index is 581. The number of aromatic nitrogens is 3. The summed E-state index contributed by atoms with van der Waals surface area (Å²) in [5.41, 5.74) is 7.15. The van der Waals surface area contributed by atoms with Crippen LogP contribution in [-0.4, -0.2) is 20.9 Å². The van der Waals surface area contributed by atoms with Crippen LogP contribution in [0.1, 0.15) is 24.2 Å². The maximum atomic E-state index is 11.9. The van der Waals surface area contributed by atoms with Crippen molar-refractivity contribution in [2.75, 3.05) is 0 Å². The van der Waals surface area contributed by atoms with E-state index in [0.717, 1.165) is 10.0 Å². The zero-order valence-corrected chi connectivity index (χ0v) is 12.7. The molecule has 0 unspecified atom stereocenters. The van der Waals surface area contributed by atoms with Gasteiger partial charge in [-0.3, -0.25) is 4.79 Å². The van der Waals surface area contributed by atoms with E-state index < -0.39 is 0 Å². The van der Waals surface area contributed by atoms with E-state index in [1.54, 1.807) is 6.20 Å². The molecular weight excluding hydrogens is 322 g/mol. The molecule has 0 saturated heterocycles. The highest BCUT2D eigenvalue weighted by atomic mass is 79.9. The first kappa shape index (κ1) is 14.7. The van der Waals surface area contributed by atoms with E-state index in [1.165, 1.54) is 4.68 Å². The Morgan fingerprint density at radius 2 is 2.15 bits per heavy atom. The molecule has 1 aromatic carbocycles. The van der Waals surface area contributed by atoms with Gasteiger partial charge in [0.2, 0.25) is 5.91 Å². The quantitative estimate of drug-likeness (QED) is 0.862. The highest BCUT2D eigenvalue weighted by Crippen LogP contribution is 2.16. The van der Waals surface area contributed by atoms with Gasteiger partial charge in [0.1, 0.15) is 6.54 Å². The van der Waals surface area contributed by atoms with Crippen molar-refractivity contribution in [3.05, 3.63) is 46.2 Å². The number of hydrogen-bond acceptors (Lipinski definition) is 4. The van der Waals surface area contributed by atoms with Gasteiger partial charge in [0.25, 0.3) is 0 Å². The predicted molar refractivity (Wildman–Crippen MR) is 78.6 cm³/mol. The number of halogens is 1. The van der Waals surface area contributed by atoms with Crippen molar-refractivity contribution in [3.8, 4) is 0 Å². The van der Waals surface area contributed by atoms with Gasteiger partial charge in [0.15, 0.2) is 0 Å². The molecule has 0 aliphatic rings. The van der Waals surface area contributed by atoms with Crippen LogP contribution in [0.15, 0.2) is 34.9 Å². The fraction of sp³-hybridized carbons (Fsp3) is 0.308. The van der Waals surface area contributed by atoms with E-state index in [2.05, 4.69) is 31.6 Å². The molecule has 1 heterocycles. The van der Waals surface area contributed by atoms with Crippen LogP contribution in [-0.2, 0) is 17.9 Å². The van der Waals surface area contributed by atoms with E-state index in [9.17, 15) is 4.79 Å². The summed E-state index contributed by atoms with van der Waals surface area (Å²) >= 11 is 3.38. The van der Waals surface area contributed by atoms with Crippen LogP contribution < -0.4 is 11.1 Å². The van der Waals surface area contributed by atoms with Gasteiger partial charge in [-0.05, 0) is 24.6 Å². The molecule has 3 N–H and O–H groups in total. The minimum Gasteiger partial charge on any atom is -0.348 e. The Balaban J connectivity index is 1.92. The van der Waals surface area contributed by atoms with Crippen LogP contribution in [0.25, 0.3) is 0 Å². The number of nitrogens with zero attached hydrogens (tertiary/aromatic N) is 3. The zero-order valence-electron chi connectivity index (χ0n) is 11.1. The fourth-order valence-corrected chi connectivity index (χ4v) is 2.04. The smallest absolute Gasteiger partial charge is 0.242 e. The topological polar surface area (TPSA) is 85.8 Å². The number of amides is 1. The molecule has 0 saturated carbocycles. The molecule has 0 fully saturated rings. The third-order valence-electron chi connectivity index (χ3n) is 2.85. The molecule has 2 rings (SSSR count). The average molecular weight is 338 g/mol. The Hall–Kier alpha value is -1.73. The second-order valence-corrected chi connectivity index (χ2v) is 5.37. The van der Waals surface area contributed by atoms with Crippen LogP contribution >= 0.6 is 15.9 Å². The van der Waals surface area contributed by atoms with Crippen LogP contribution in [0.4, 0.5) is 0 Å². The summed E-state index contributed by atoms with van der Waals surface area (Å²) in [6, 6.07) is 7.77. The van der Waals surface area contributed by atoms with Gasteiger partial charge in [-0.15, -0.1) is 5.10 Å². The summed E-state index contributed by atoms with van der Waals surface area (Å²) in [7, 11) is 0. The van der Waals surface area contributed by atoms with E-state index in [0.29, 0.717) is 12.2 Å².